The number of aromatic nitrogens is 5. The van der Waals surface area contributed by atoms with Gasteiger partial charge >= 0.3 is 19.5 Å². The molecule has 0 amide bonds. The van der Waals surface area contributed by atoms with Crippen LogP contribution in [0.1, 0.15) is 0 Å². The quantitative estimate of drug-likeness (QED) is 0.141. The first-order chi connectivity index (χ1) is 19.8. The Bertz CT molecular complexity index is 1540. The number of hydrogen-bond acceptors (Lipinski definition) is 13. The molecule has 5 aromatic heterocycles. The van der Waals surface area contributed by atoms with Crippen molar-refractivity contribution < 1.29 is 58.3 Å². The molecule has 222 valence electrons. The second-order valence-electron chi connectivity index (χ2n) is 7.49. The van der Waals surface area contributed by atoms with E-state index in [0.717, 1.165) is 44.9 Å². The van der Waals surface area contributed by atoms with Crippen molar-refractivity contribution in [2.75, 3.05) is 0 Å². The average Bonchev–Trinajstić information content (AvgIpc) is 3.43. The van der Waals surface area contributed by atoms with Gasteiger partial charge in [-0.3, -0.25) is 15.0 Å². The predicted molar refractivity (Wildman–Crippen MR) is 141 cm³/mol. The van der Waals surface area contributed by atoms with E-state index in [-0.39, 0.29) is 25.0 Å². The summed E-state index contributed by atoms with van der Waals surface area (Å²) >= 11 is 0. The van der Waals surface area contributed by atoms with Crippen LogP contribution in [0.15, 0.2) is 125 Å². The van der Waals surface area contributed by atoms with E-state index in [9.17, 15) is 0 Å². The number of para-hydroxylation sites is 2. The zero-order valence-electron chi connectivity index (χ0n) is 21.7. The van der Waals surface area contributed by atoms with Gasteiger partial charge in [0.2, 0.25) is 5.89 Å². The molecule has 0 saturated heterocycles. The Balaban J connectivity index is 0.000000336. The third-order valence-electron chi connectivity index (χ3n) is 4.78. The minimum atomic E-state index is -4.94. The average molecular weight is 694 g/mol. The molecule has 0 unspecified atom stereocenters. The molecule has 5 heterocycles. The number of rotatable bonds is 3. The molecular weight excluding hydrogens is 673 g/mol. The topological polar surface area (TPSA) is 254 Å². The number of nitrogens with zero attached hydrogens (tertiary/aromatic N) is 6. The largest absolute Gasteiger partial charge is 2.00 e. The summed E-state index contributed by atoms with van der Waals surface area (Å²) < 4.78 is 39.6. The van der Waals surface area contributed by atoms with E-state index < -0.39 is 10.2 Å². The van der Waals surface area contributed by atoms with Gasteiger partial charge in [0.15, 0.2) is 5.58 Å². The van der Waals surface area contributed by atoms with Crippen molar-refractivity contribution in [3.05, 3.63) is 126 Å². The standard InChI is InChI=1S/C15H11N3.C12H8N2O.ClHO4.HNO2.H2O.Ru/c1-3-10-16-12(6-1)14-8-5-9-15(18-14)13-7-2-4-11-17-13;1-2-7-11-9(5-1)14-12(15-11)10-6-3-4-8-13-10;2-1(3,4)5;2-1-3;;/h1-11H;1-8H;(H,2,3,4,5);(H,2,3);1H2;/q;;;;;+2/p-2. The van der Waals surface area contributed by atoms with Crippen LogP contribution in [0.4, 0.5) is 0 Å². The van der Waals surface area contributed by atoms with E-state index in [0.29, 0.717) is 5.89 Å². The van der Waals surface area contributed by atoms with Crippen molar-refractivity contribution >= 4 is 11.1 Å². The zero-order valence-corrected chi connectivity index (χ0v) is 24.2. The molecule has 2 N–H and O–H groups in total. The maximum Gasteiger partial charge on any atom is 2.00 e. The van der Waals surface area contributed by atoms with Gasteiger partial charge in [-0.05, 0) is 60.7 Å². The predicted octanol–water partition coefficient (Wildman–Crippen LogP) is 0.763. The zero-order chi connectivity index (χ0) is 29.5. The van der Waals surface area contributed by atoms with Crippen LogP contribution in [-0.2, 0) is 19.5 Å². The first kappa shape index (κ1) is 36.4. The molecule has 14 nitrogen and oxygen atoms in total. The van der Waals surface area contributed by atoms with E-state index in [1.54, 1.807) is 18.6 Å². The Hall–Kier alpha value is -4.60. The third kappa shape index (κ3) is 12.8. The summed E-state index contributed by atoms with van der Waals surface area (Å²) in [5, 5.41) is 9.00. The van der Waals surface area contributed by atoms with E-state index in [4.69, 9.17) is 33.2 Å². The second kappa shape index (κ2) is 18.8. The summed E-state index contributed by atoms with van der Waals surface area (Å²) in [6.07, 6.45) is 5.26. The molecule has 1 aromatic carbocycles. The van der Waals surface area contributed by atoms with Gasteiger partial charge in [-0.2, -0.15) is 0 Å². The molecule has 0 fully saturated rings. The Kier molecular flexibility index (Phi) is 15.9. The van der Waals surface area contributed by atoms with Gasteiger partial charge in [0, 0.05) is 18.6 Å². The Morgan fingerprint density at radius 3 is 1.40 bits per heavy atom. The summed E-state index contributed by atoms with van der Waals surface area (Å²) in [6.45, 7) is 0. The van der Waals surface area contributed by atoms with E-state index in [2.05, 4.69) is 24.9 Å². The van der Waals surface area contributed by atoms with Crippen LogP contribution in [0.2, 0.25) is 0 Å². The number of hydrogen-bond donors (Lipinski definition) is 0. The fourth-order valence-electron chi connectivity index (χ4n) is 3.22. The van der Waals surface area contributed by atoms with Crippen LogP contribution in [-0.4, -0.2) is 30.4 Å². The molecule has 0 bridgehead atoms. The first-order valence-electron chi connectivity index (χ1n) is 11.4. The van der Waals surface area contributed by atoms with Gasteiger partial charge in [0.1, 0.15) is 11.2 Å². The van der Waals surface area contributed by atoms with Crippen molar-refractivity contribution in [2.24, 2.45) is 5.34 Å². The Morgan fingerprint density at radius 1 is 0.581 bits per heavy atom. The van der Waals surface area contributed by atoms with Crippen LogP contribution < -0.4 is 18.6 Å². The monoisotopic (exact) mass is 694 g/mol. The van der Waals surface area contributed by atoms with E-state index >= 15 is 0 Å². The fourth-order valence-corrected chi connectivity index (χ4v) is 3.22. The molecule has 0 aliphatic rings. The van der Waals surface area contributed by atoms with Crippen LogP contribution in [0, 0.1) is 20.4 Å². The van der Waals surface area contributed by atoms with Crippen LogP contribution in [0.25, 0.3) is 45.5 Å². The molecule has 0 atom stereocenters. The number of benzene rings is 1. The maximum absolute atomic E-state index is 8.49. The van der Waals surface area contributed by atoms with Crippen LogP contribution >= 0.6 is 0 Å². The molecule has 0 aliphatic heterocycles. The number of oxazole rings is 1. The number of halogens is 1. The third-order valence-corrected chi connectivity index (χ3v) is 4.78. The summed E-state index contributed by atoms with van der Waals surface area (Å²) in [6, 6.07) is 30.8. The second-order valence-corrected chi connectivity index (χ2v) is 8.25. The maximum atomic E-state index is 8.49. The molecule has 0 saturated carbocycles. The van der Waals surface area contributed by atoms with Crippen LogP contribution in [0.5, 0.6) is 0 Å². The van der Waals surface area contributed by atoms with E-state index in [1.165, 1.54) is 0 Å². The number of fused-ring (bicyclic) bond motifs is 1. The first-order valence-corrected chi connectivity index (χ1v) is 12.7. The van der Waals surface area contributed by atoms with Gasteiger partial charge in [-0.15, -0.1) is 15.6 Å². The van der Waals surface area contributed by atoms with Crippen molar-refractivity contribution in [2.45, 2.75) is 0 Å². The summed E-state index contributed by atoms with van der Waals surface area (Å²) in [5.41, 5.74) is 5.87. The molecule has 6 aromatic rings. The van der Waals surface area contributed by atoms with Gasteiger partial charge in [0.25, 0.3) is 0 Å². The van der Waals surface area contributed by atoms with Crippen LogP contribution in [0.3, 0.4) is 0 Å². The fraction of sp³-hybridized carbons (Fsp3) is 0. The van der Waals surface area contributed by atoms with Crippen molar-refractivity contribution in [3.8, 4) is 34.4 Å². The summed E-state index contributed by atoms with van der Waals surface area (Å²) in [7, 11) is -4.94. The van der Waals surface area contributed by atoms with Gasteiger partial charge < -0.3 is 20.0 Å². The Labute approximate surface area is 259 Å². The number of pyridine rings is 4. The van der Waals surface area contributed by atoms with Gasteiger partial charge in [0.05, 0.1) is 22.8 Å². The minimum absolute atomic E-state index is 0. The van der Waals surface area contributed by atoms with Crippen molar-refractivity contribution in [1.29, 1.82) is 0 Å². The minimum Gasteiger partial charge on any atom is -0.444 e. The molecular formula is C27H21ClN6O8Ru. The Morgan fingerprint density at radius 2 is 0.977 bits per heavy atom. The normalized spacial score (nSPS) is 9.67. The van der Waals surface area contributed by atoms with E-state index in [1.807, 2.05) is 97.1 Å². The van der Waals surface area contributed by atoms with Crippen molar-refractivity contribution in [3.63, 3.8) is 0 Å². The van der Waals surface area contributed by atoms with Crippen molar-refractivity contribution in [1.82, 2.24) is 24.9 Å². The molecule has 16 heteroatoms. The smallest absolute Gasteiger partial charge is 0.444 e. The molecule has 0 aliphatic carbocycles. The molecule has 6 rings (SSSR count). The molecule has 0 spiro atoms. The van der Waals surface area contributed by atoms with Gasteiger partial charge in [-0.25, -0.2) is 28.6 Å². The molecule has 0 radical (unpaired) electrons. The van der Waals surface area contributed by atoms with Gasteiger partial charge in [-0.1, -0.05) is 36.4 Å². The summed E-state index contributed by atoms with van der Waals surface area (Å²) in [5.74, 6) is 0.566. The summed E-state index contributed by atoms with van der Waals surface area (Å²) in [4.78, 5) is 29.7. The SMILES string of the molecule is O.O=N[O-].[O-][Cl+3]([O-])([O-])[O-].[Ru+2].c1ccc(-c2cccc(-c3ccccn3)n2)nc1.c1ccc(-c2nc3ccccc3o2)nc1. The molecule has 43 heavy (non-hydrogen) atoms.